The summed E-state index contributed by atoms with van der Waals surface area (Å²) in [4.78, 5) is 27.9. The van der Waals surface area contributed by atoms with E-state index in [9.17, 15) is 23.5 Å². The predicted octanol–water partition coefficient (Wildman–Crippen LogP) is 5.62. The minimum atomic E-state index is -1.70. The summed E-state index contributed by atoms with van der Waals surface area (Å²) in [6.45, 7) is 1.75. The first-order valence-corrected chi connectivity index (χ1v) is 9.84. The van der Waals surface area contributed by atoms with Crippen molar-refractivity contribution in [3.8, 4) is 0 Å². The van der Waals surface area contributed by atoms with Gasteiger partial charge in [0.05, 0.1) is 28.7 Å². The summed E-state index contributed by atoms with van der Waals surface area (Å²) in [6, 6.07) is 8.87. The van der Waals surface area contributed by atoms with Gasteiger partial charge in [0.15, 0.2) is 11.6 Å². The van der Waals surface area contributed by atoms with Gasteiger partial charge >= 0.3 is 5.97 Å². The molecule has 0 spiro atoms. The van der Waals surface area contributed by atoms with Crippen molar-refractivity contribution in [3.63, 3.8) is 0 Å². The van der Waals surface area contributed by atoms with Gasteiger partial charge < -0.3 is 15.7 Å². The molecule has 0 aliphatic heterocycles. The van der Waals surface area contributed by atoms with Crippen molar-refractivity contribution in [1.29, 1.82) is 0 Å². The number of carboxylic acids is 1. The molecule has 3 rings (SSSR count). The Bertz CT molecular complexity index is 1160. The maximum atomic E-state index is 14.8. The third kappa shape index (κ3) is 4.68. The zero-order valence-corrected chi connectivity index (χ0v) is 18.2. The van der Waals surface area contributed by atoms with Crippen molar-refractivity contribution in [2.75, 3.05) is 10.6 Å². The average molecular weight is 544 g/mol. The van der Waals surface area contributed by atoms with Gasteiger partial charge in [-0.2, -0.15) is 0 Å². The van der Waals surface area contributed by atoms with E-state index in [4.69, 9.17) is 11.6 Å². The van der Waals surface area contributed by atoms with Crippen LogP contribution in [0.3, 0.4) is 0 Å². The van der Waals surface area contributed by atoms with E-state index in [1.165, 1.54) is 18.3 Å². The minimum Gasteiger partial charge on any atom is -0.478 e. The van der Waals surface area contributed by atoms with E-state index in [2.05, 4.69) is 38.2 Å². The van der Waals surface area contributed by atoms with Crippen molar-refractivity contribution >= 4 is 63.1 Å². The van der Waals surface area contributed by atoms with Crippen LogP contribution in [0.15, 0.2) is 42.6 Å². The molecule has 30 heavy (non-hydrogen) atoms. The summed E-state index contributed by atoms with van der Waals surface area (Å²) in [5.41, 5.74) is -0.448. The fourth-order valence-corrected chi connectivity index (χ4v) is 3.39. The average Bonchev–Trinajstić information content (AvgIpc) is 2.68. The van der Waals surface area contributed by atoms with Gasteiger partial charge in [-0.05, 0) is 71.5 Å². The maximum absolute atomic E-state index is 14.8. The van der Waals surface area contributed by atoms with Crippen LogP contribution in [0.2, 0.25) is 5.15 Å². The van der Waals surface area contributed by atoms with Crippen LogP contribution < -0.4 is 10.6 Å². The highest BCUT2D eigenvalue weighted by atomic mass is 127. The van der Waals surface area contributed by atoms with Gasteiger partial charge in [-0.15, -0.1) is 0 Å². The van der Waals surface area contributed by atoms with Crippen LogP contribution in [0, 0.1) is 22.1 Å². The second-order valence-corrected chi connectivity index (χ2v) is 7.82. The molecule has 1 aromatic heterocycles. The van der Waals surface area contributed by atoms with Crippen LogP contribution in [-0.4, -0.2) is 22.0 Å². The highest BCUT2D eigenvalue weighted by molar-refractivity contribution is 14.1. The van der Waals surface area contributed by atoms with Crippen LogP contribution in [0.25, 0.3) is 0 Å². The molecule has 0 unspecified atom stereocenters. The molecule has 0 saturated carbocycles. The van der Waals surface area contributed by atoms with Crippen molar-refractivity contribution in [1.82, 2.24) is 4.98 Å². The molecule has 10 heteroatoms. The lowest BCUT2D eigenvalue weighted by Gasteiger charge is -2.16. The lowest BCUT2D eigenvalue weighted by molar-refractivity contribution is 0.0690. The zero-order valence-electron chi connectivity index (χ0n) is 15.3. The number of nitrogens with zero attached hydrogens (tertiary/aromatic N) is 1. The number of anilines is 3. The molecule has 1 heterocycles. The molecule has 2 aromatic carbocycles. The number of carbonyl (C=O) groups is 2. The first-order chi connectivity index (χ1) is 14.2. The van der Waals surface area contributed by atoms with Gasteiger partial charge in [0.25, 0.3) is 5.91 Å². The SMILES string of the molecule is Cc1cc(I)ccc1Nc1c(C(=O)Nc2ccc(Cl)nc2)cc(C(=O)O)c(F)c1F. The minimum absolute atomic E-state index is 0.200. The van der Waals surface area contributed by atoms with Crippen molar-refractivity contribution < 1.29 is 23.5 Å². The van der Waals surface area contributed by atoms with Gasteiger partial charge in [-0.3, -0.25) is 4.79 Å². The standard InChI is InChI=1S/C20H13ClF2IN3O3/c1-9-6-10(24)2-4-14(9)27-18-13(7-12(20(29)30)16(22)17(18)23)19(28)26-11-3-5-15(21)25-8-11/h2-8,27H,1H3,(H,26,28)(H,29,30). The fourth-order valence-electron chi connectivity index (χ4n) is 2.63. The molecule has 3 N–H and O–H groups in total. The smallest absolute Gasteiger partial charge is 0.338 e. The Balaban J connectivity index is 2.09. The Hall–Kier alpha value is -2.79. The van der Waals surface area contributed by atoms with Crippen LogP contribution in [0.1, 0.15) is 26.3 Å². The second kappa shape index (κ2) is 8.92. The number of benzene rings is 2. The third-order valence-corrected chi connectivity index (χ3v) is 5.01. The van der Waals surface area contributed by atoms with Crippen LogP contribution in [-0.2, 0) is 0 Å². The monoisotopic (exact) mass is 543 g/mol. The highest BCUT2D eigenvalue weighted by Gasteiger charge is 2.26. The van der Waals surface area contributed by atoms with Crippen LogP contribution in [0.4, 0.5) is 25.8 Å². The Morgan fingerprint density at radius 3 is 2.43 bits per heavy atom. The number of aromatic carboxylic acids is 1. The van der Waals surface area contributed by atoms with Crippen LogP contribution >= 0.6 is 34.2 Å². The highest BCUT2D eigenvalue weighted by Crippen LogP contribution is 2.31. The summed E-state index contributed by atoms with van der Waals surface area (Å²) in [7, 11) is 0. The molecule has 0 atom stereocenters. The zero-order chi connectivity index (χ0) is 22.0. The lowest BCUT2D eigenvalue weighted by Crippen LogP contribution is -2.18. The van der Waals surface area contributed by atoms with E-state index in [1.807, 2.05) is 6.07 Å². The Labute approximate surface area is 188 Å². The summed E-state index contributed by atoms with van der Waals surface area (Å²) in [6.07, 6.45) is 1.27. The maximum Gasteiger partial charge on any atom is 0.338 e. The molecule has 0 saturated heterocycles. The van der Waals surface area contributed by atoms with Crippen molar-refractivity contribution in [2.45, 2.75) is 6.92 Å². The van der Waals surface area contributed by atoms with Gasteiger partial charge in [-0.1, -0.05) is 11.6 Å². The van der Waals surface area contributed by atoms with E-state index in [-0.39, 0.29) is 16.4 Å². The first kappa shape index (κ1) is 21.9. The van der Waals surface area contributed by atoms with E-state index in [0.717, 1.165) is 15.2 Å². The summed E-state index contributed by atoms with van der Waals surface area (Å²) in [5, 5.41) is 14.6. The Morgan fingerprint density at radius 2 is 1.83 bits per heavy atom. The lowest BCUT2D eigenvalue weighted by atomic mass is 10.0. The number of aryl methyl sites for hydroxylation is 1. The molecular formula is C20H13ClF2IN3O3. The predicted molar refractivity (Wildman–Crippen MR) is 118 cm³/mol. The number of nitrogens with one attached hydrogen (secondary N) is 2. The first-order valence-electron chi connectivity index (χ1n) is 8.38. The quantitative estimate of drug-likeness (QED) is 0.287. The molecule has 0 bridgehead atoms. The molecular weight excluding hydrogens is 531 g/mol. The number of amides is 1. The van der Waals surface area contributed by atoms with Crippen molar-refractivity contribution in [3.05, 3.63) is 79.6 Å². The van der Waals surface area contributed by atoms with E-state index >= 15 is 0 Å². The van der Waals surface area contributed by atoms with Crippen LogP contribution in [0.5, 0.6) is 0 Å². The number of rotatable bonds is 5. The molecule has 0 aliphatic carbocycles. The molecule has 6 nitrogen and oxygen atoms in total. The number of carbonyl (C=O) groups excluding carboxylic acids is 1. The van der Waals surface area contributed by atoms with Gasteiger partial charge in [0.2, 0.25) is 0 Å². The summed E-state index contributed by atoms with van der Waals surface area (Å²) < 4.78 is 30.1. The number of hydrogen-bond donors (Lipinski definition) is 3. The van der Waals surface area contributed by atoms with E-state index < -0.39 is 34.8 Å². The number of aromatic nitrogens is 1. The van der Waals surface area contributed by atoms with Gasteiger partial charge in [-0.25, -0.2) is 18.6 Å². The molecule has 3 aromatic rings. The second-order valence-electron chi connectivity index (χ2n) is 6.19. The Morgan fingerprint density at radius 1 is 1.10 bits per heavy atom. The number of hydrogen-bond acceptors (Lipinski definition) is 4. The number of halogens is 4. The largest absolute Gasteiger partial charge is 0.478 e. The molecule has 0 radical (unpaired) electrons. The van der Waals surface area contributed by atoms with E-state index in [1.54, 1.807) is 19.1 Å². The van der Waals surface area contributed by atoms with Crippen molar-refractivity contribution in [2.24, 2.45) is 0 Å². The summed E-state index contributed by atoms with van der Waals surface area (Å²) >= 11 is 7.81. The number of pyridine rings is 1. The summed E-state index contributed by atoms with van der Waals surface area (Å²) in [5.74, 6) is -5.61. The topological polar surface area (TPSA) is 91.3 Å². The Kier molecular flexibility index (Phi) is 6.52. The third-order valence-electron chi connectivity index (χ3n) is 4.12. The van der Waals surface area contributed by atoms with Gasteiger partial charge in [0.1, 0.15) is 5.15 Å². The number of carboxylic acid groups (broad SMARTS) is 1. The molecule has 0 aliphatic rings. The normalized spacial score (nSPS) is 10.6. The van der Waals surface area contributed by atoms with E-state index in [0.29, 0.717) is 5.69 Å². The molecule has 0 fully saturated rings. The fraction of sp³-hybridized carbons (Fsp3) is 0.0500. The van der Waals surface area contributed by atoms with Gasteiger partial charge in [0, 0.05) is 9.26 Å². The molecule has 154 valence electrons. The molecule has 1 amide bonds.